The predicted octanol–water partition coefficient (Wildman–Crippen LogP) is 0.938. The van der Waals surface area contributed by atoms with Crippen molar-refractivity contribution < 1.29 is 9.53 Å². The third kappa shape index (κ3) is 2.33. The van der Waals surface area contributed by atoms with E-state index in [0.717, 1.165) is 17.7 Å². The fraction of sp³-hybridized carbons (Fsp3) is 0.462. The normalized spacial score (nSPS) is 20.9. The zero-order valence-corrected chi connectivity index (χ0v) is 10.2. The van der Waals surface area contributed by atoms with Gasteiger partial charge in [-0.1, -0.05) is 18.2 Å². The molecule has 0 saturated heterocycles. The molecule has 0 saturated carbocycles. The Balaban J connectivity index is 2.32. The van der Waals surface area contributed by atoms with Crippen LogP contribution in [0.4, 0.5) is 5.69 Å². The van der Waals surface area contributed by atoms with Crippen molar-refractivity contribution in [3.8, 4) is 0 Å². The van der Waals surface area contributed by atoms with Gasteiger partial charge >= 0.3 is 0 Å². The van der Waals surface area contributed by atoms with E-state index < -0.39 is 6.10 Å². The molecule has 1 amide bonds. The Hall–Kier alpha value is -1.39. The summed E-state index contributed by atoms with van der Waals surface area (Å²) in [5, 5.41) is 0. The van der Waals surface area contributed by atoms with Crippen LogP contribution in [0.1, 0.15) is 12.5 Å². The third-order valence-electron chi connectivity index (χ3n) is 3.15. The molecule has 2 rings (SSSR count). The van der Waals surface area contributed by atoms with Gasteiger partial charge in [-0.05, 0) is 25.0 Å². The molecule has 0 fully saturated rings. The van der Waals surface area contributed by atoms with Gasteiger partial charge in [-0.2, -0.15) is 0 Å². The second-order valence-corrected chi connectivity index (χ2v) is 4.42. The SMILES string of the molecule is COC(C)C(=O)N1CC(N)Cc2ccccc21. The first-order valence-corrected chi connectivity index (χ1v) is 5.81. The van der Waals surface area contributed by atoms with Crippen molar-refractivity contribution in [1.82, 2.24) is 0 Å². The first-order valence-electron chi connectivity index (χ1n) is 5.81. The number of para-hydroxylation sites is 1. The number of hydrogen-bond acceptors (Lipinski definition) is 3. The highest BCUT2D eigenvalue weighted by atomic mass is 16.5. The first-order chi connectivity index (χ1) is 8.13. The molecule has 1 heterocycles. The van der Waals surface area contributed by atoms with E-state index in [-0.39, 0.29) is 11.9 Å². The van der Waals surface area contributed by atoms with Crippen molar-refractivity contribution in [3.05, 3.63) is 29.8 Å². The molecule has 4 heteroatoms. The van der Waals surface area contributed by atoms with Gasteiger partial charge in [0.2, 0.25) is 0 Å². The Kier molecular flexibility index (Phi) is 3.45. The summed E-state index contributed by atoms with van der Waals surface area (Å²) in [4.78, 5) is 13.9. The first kappa shape index (κ1) is 12.1. The van der Waals surface area contributed by atoms with E-state index in [2.05, 4.69) is 0 Å². The fourth-order valence-electron chi connectivity index (χ4n) is 2.16. The smallest absolute Gasteiger partial charge is 0.255 e. The summed E-state index contributed by atoms with van der Waals surface area (Å²) < 4.78 is 5.08. The standard InChI is InChI=1S/C13H18N2O2/c1-9(17-2)13(16)15-8-11(14)7-10-5-3-4-6-12(10)15/h3-6,9,11H,7-8,14H2,1-2H3. The molecule has 0 aromatic heterocycles. The van der Waals surface area contributed by atoms with E-state index in [0.29, 0.717) is 6.54 Å². The number of rotatable bonds is 2. The molecule has 1 aromatic rings. The molecule has 2 N–H and O–H groups in total. The van der Waals surface area contributed by atoms with Crippen molar-refractivity contribution >= 4 is 11.6 Å². The van der Waals surface area contributed by atoms with Crippen molar-refractivity contribution in [2.75, 3.05) is 18.6 Å². The number of amides is 1. The second kappa shape index (κ2) is 4.85. The average Bonchev–Trinajstić information content (AvgIpc) is 2.35. The zero-order chi connectivity index (χ0) is 12.4. The predicted molar refractivity (Wildman–Crippen MR) is 66.9 cm³/mol. The molecule has 4 nitrogen and oxygen atoms in total. The molecule has 92 valence electrons. The van der Waals surface area contributed by atoms with Gasteiger partial charge in [0.25, 0.3) is 5.91 Å². The average molecular weight is 234 g/mol. The molecular formula is C13H18N2O2. The van der Waals surface area contributed by atoms with Crippen LogP contribution in [0.3, 0.4) is 0 Å². The quantitative estimate of drug-likeness (QED) is 0.828. The highest BCUT2D eigenvalue weighted by Crippen LogP contribution is 2.27. The van der Waals surface area contributed by atoms with E-state index in [4.69, 9.17) is 10.5 Å². The van der Waals surface area contributed by atoms with E-state index in [1.54, 1.807) is 18.9 Å². The number of carbonyl (C=O) groups is 1. The lowest BCUT2D eigenvalue weighted by molar-refractivity contribution is -0.127. The van der Waals surface area contributed by atoms with Crippen LogP contribution in [0.25, 0.3) is 0 Å². The highest BCUT2D eigenvalue weighted by Gasteiger charge is 2.29. The summed E-state index contributed by atoms with van der Waals surface area (Å²) in [6.07, 6.45) is 0.384. The lowest BCUT2D eigenvalue weighted by atomic mass is 9.98. The van der Waals surface area contributed by atoms with Gasteiger partial charge in [0.1, 0.15) is 6.10 Å². The van der Waals surface area contributed by atoms with Crippen LogP contribution in [0, 0.1) is 0 Å². The Morgan fingerprint density at radius 3 is 2.94 bits per heavy atom. The molecule has 17 heavy (non-hydrogen) atoms. The van der Waals surface area contributed by atoms with Crippen LogP contribution in [0.2, 0.25) is 0 Å². The number of anilines is 1. The van der Waals surface area contributed by atoms with E-state index in [1.165, 1.54) is 0 Å². The Morgan fingerprint density at radius 1 is 1.53 bits per heavy atom. The molecule has 0 radical (unpaired) electrons. The summed E-state index contributed by atoms with van der Waals surface area (Å²) in [6, 6.07) is 7.89. The molecule has 0 aliphatic carbocycles. The number of nitrogens with two attached hydrogens (primary N) is 1. The van der Waals surface area contributed by atoms with Gasteiger partial charge in [0.15, 0.2) is 0 Å². The summed E-state index contributed by atoms with van der Waals surface area (Å²) in [6.45, 7) is 2.31. The number of fused-ring (bicyclic) bond motifs is 1. The van der Waals surface area contributed by atoms with Crippen molar-refractivity contribution in [2.24, 2.45) is 5.73 Å². The van der Waals surface area contributed by atoms with E-state index in [1.807, 2.05) is 24.3 Å². The van der Waals surface area contributed by atoms with Crippen molar-refractivity contribution in [2.45, 2.75) is 25.5 Å². The monoisotopic (exact) mass is 234 g/mol. The van der Waals surface area contributed by atoms with Crippen molar-refractivity contribution in [3.63, 3.8) is 0 Å². The van der Waals surface area contributed by atoms with Gasteiger partial charge in [-0.3, -0.25) is 4.79 Å². The molecule has 2 unspecified atom stereocenters. The maximum atomic E-state index is 12.2. The van der Waals surface area contributed by atoms with Crippen LogP contribution in [-0.4, -0.2) is 31.7 Å². The second-order valence-electron chi connectivity index (χ2n) is 4.42. The van der Waals surface area contributed by atoms with Crippen LogP contribution in [0.5, 0.6) is 0 Å². The maximum Gasteiger partial charge on any atom is 0.255 e. The van der Waals surface area contributed by atoms with Gasteiger partial charge in [-0.15, -0.1) is 0 Å². The minimum atomic E-state index is -0.437. The van der Waals surface area contributed by atoms with E-state index >= 15 is 0 Å². The topological polar surface area (TPSA) is 55.6 Å². The zero-order valence-electron chi connectivity index (χ0n) is 10.2. The van der Waals surface area contributed by atoms with Crippen LogP contribution >= 0.6 is 0 Å². The molecule has 2 atom stereocenters. The Bertz CT molecular complexity index is 420. The summed E-state index contributed by atoms with van der Waals surface area (Å²) >= 11 is 0. The van der Waals surface area contributed by atoms with Gasteiger partial charge < -0.3 is 15.4 Å². The fourth-order valence-corrected chi connectivity index (χ4v) is 2.16. The maximum absolute atomic E-state index is 12.2. The van der Waals surface area contributed by atoms with Crippen LogP contribution < -0.4 is 10.6 Å². The number of carbonyl (C=O) groups excluding carboxylic acids is 1. The van der Waals surface area contributed by atoms with Crippen molar-refractivity contribution in [1.29, 1.82) is 0 Å². The van der Waals surface area contributed by atoms with Gasteiger partial charge in [-0.25, -0.2) is 0 Å². The third-order valence-corrected chi connectivity index (χ3v) is 3.15. The number of hydrogen-bond donors (Lipinski definition) is 1. The minimum absolute atomic E-state index is 0.00194. The van der Waals surface area contributed by atoms with Crippen LogP contribution in [-0.2, 0) is 16.0 Å². The molecule has 1 aliphatic heterocycles. The summed E-state index contributed by atoms with van der Waals surface area (Å²) in [5.74, 6) is -0.0323. The largest absolute Gasteiger partial charge is 0.372 e. The Labute approximate surface area is 101 Å². The molecule has 0 spiro atoms. The van der Waals surface area contributed by atoms with Crippen LogP contribution in [0.15, 0.2) is 24.3 Å². The minimum Gasteiger partial charge on any atom is -0.372 e. The lowest BCUT2D eigenvalue weighted by Crippen LogP contribution is -2.49. The number of benzene rings is 1. The number of methoxy groups -OCH3 is 1. The number of nitrogens with zero attached hydrogens (tertiary/aromatic N) is 1. The molecule has 1 aliphatic rings. The summed E-state index contributed by atoms with van der Waals surface area (Å²) in [5.41, 5.74) is 8.07. The lowest BCUT2D eigenvalue weighted by Gasteiger charge is -2.34. The summed E-state index contributed by atoms with van der Waals surface area (Å²) in [7, 11) is 1.54. The number of ether oxygens (including phenoxy) is 1. The highest BCUT2D eigenvalue weighted by molar-refractivity contribution is 5.97. The molecule has 0 bridgehead atoms. The molecule has 1 aromatic carbocycles. The van der Waals surface area contributed by atoms with Gasteiger partial charge in [0, 0.05) is 25.4 Å². The molecular weight excluding hydrogens is 216 g/mol. The van der Waals surface area contributed by atoms with Gasteiger partial charge in [0.05, 0.1) is 0 Å². The van der Waals surface area contributed by atoms with E-state index in [9.17, 15) is 4.79 Å². The Morgan fingerprint density at radius 2 is 2.24 bits per heavy atom.